The number of para-hydroxylation sites is 4. The summed E-state index contributed by atoms with van der Waals surface area (Å²) in [4.78, 5) is 5.16. The second kappa shape index (κ2) is 8.79. The molecule has 3 heterocycles. The van der Waals surface area contributed by atoms with Crippen LogP contribution in [-0.2, 0) is 0 Å². The van der Waals surface area contributed by atoms with Crippen molar-refractivity contribution in [3.63, 3.8) is 0 Å². The Kier molecular flexibility index (Phi) is 4.72. The van der Waals surface area contributed by atoms with Gasteiger partial charge >= 0.3 is 0 Å². The van der Waals surface area contributed by atoms with E-state index in [1.54, 1.807) is 0 Å². The van der Waals surface area contributed by atoms with Crippen LogP contribution < -0.4 is 0 Å². The minimum atomic E-state index is 0.914. The molecule has 10 rings (SSSR count). The quantitative estimate of drug-likeness (QED) is 0.197. The third kappa shape index (κ3) is 3.24. The molecule has 0 amide bonds. The fraction of sp³-hybridized carbons (Fsp3) is 0. The molecule has 0 unspecified atom stereocenters. The molecule has 3 heteroatoms. The molecule has 0 spiro atoms. The van der Waals surface area contributed by atoms with E-state index in [4.69, 9.17) is 9.40 Å². The van der Waals surface area contributed by atoms with Crippen molar-refractivity contribution in [3.05, 3.63) is 146 Å². The Morgan fingerprint density at radius 3 is 2.20 bits per heavy atom. The number of imidazole rings is 1. The Balaban J connectivity index is 1.25. The van der Waals surface area contributed by atoms with Crippen LogP contribution in [0.15, 0.2) is 150 Å². The lowest BCUT2D eigenvalue weighted by Crippen LogP contribution is -1.93. The van der Waals surface area contributed by atoms with Crippen molar-refractivity contribution >= 4 is 71.1 Å². The van der Waals surface area contributed by atoms with Gasteiger partial charge in [0.25, 0.3) is 0 Å². The number of furan rings is 1. The third-order valence-electron chi connectivity index (χ3n) is 9.15. The van der Waals surface area contributed by atoms with E-state index in [0.717, 1.165) is 66.4 Å². The minimum absolute atomic E-state index is 0.914. The number of hydrogen-bond donors (Lipinski definition) is 0. The SMILES string of the molecule is c1cc(-c2ccc3c4c5ccccc5ccc4c4nc5ccccc5n4c3c2)cc(-c2cccc3c2oc2ccccc23)c1. The average Bonchev–Trinajstić information content (AvgIpc) is 3.67. The summed E-state index contributed by atoms with van der Waals surface area (Å²) >= 11 is 0. The molecule has 0 radical (unpaired) electrons. The second-order valence-corrected chi connectivity index (χ2v) is 11.6. The summed E-state index contributed by atoms with van der Waals surface area (Å²) in [6, 6.07) is 51.9. The van der Waals surface area contributed by atoms with Crippen molar-refractivity contribution in [3.8, 4) is 22.3 Å². The van der Waals surface area contributed by atoms with Gasteiger partial charge in [-0.15, -0.1) is 0 Å². The summed E-state index contributed by atoms with van der Waals surface area (Å²) in [6.07, 6.45) is 0. The number of fused-ring (bicyclic) bond motifs is 13. The molecule has 0 aliphatic heterocycles. The first-order valence-electron chi connectivity index (χ1n) is 15.0. The van der Waals surface area contributed by atoms with Gasteiger partial charge < -0.3 is 4.42 Å². The van der Waals surface area contributed by atoms with E-state index < -0.39 is 0 Å². The Bertz CT molecular complexity index is 2780. The molecule has 0 aliphatic rings. The van der Waals surface area contributed by atoms with E-state index in [1.165, 1.54) is 26.9 Å². The first kappa shape index (κ1) is 23.6. The first-order chi connectivity index (χ1) is 21.8. The first-order valence-corrected chi connectivity index (χ1v) is 15.0. The Labute approximate surface area is 252 Å². The number of rotatable bonds is 2. The van der Waals surface area contributed by atoms with Gasteiger partial charge in [-0.2, -0.15) is 0 Å². The highest BCUT2D eigenvalue weighted by Gasteiger charge is 2.17. The summed E-state index contributed by atoms with van der Waals surface area (Å²) in [7, 11) is 0. The lowest BCUT2D eigenvalue weighted by Gasteiger charge is -2.13. The van der Waals surface area contributed by atoms with Gasteiger partial charge in [-0.05, 0) is 63.9 Å². The van der Waals surface area contributed by atoms with Crippen LogP contribution in [0.5, 0.6) is 0 Å². The molecule has 0 aliphatic carbocycles. The van der Waals surface area contributed by atoms with E-state index >= 15 is 0 Å². The van der Waals surface area contributed by atoms with Crippen molar-refractivity contribution in [2.75, 3.05) is 0 Å². The summed E-state index contributed by atoms with van der Waals surface area (Å²) in [5.41, 5.74) is 10.7. The highest BCUT2D eigenvalue weighted by Crippen LogP contribution is 2.40. The van der Waals surface area contributed by atoms with Gasteiger partial charge in [-0.1, -0.05) is 109 Å². The molecule has 7 aromatic carbocycles. The minimum Gasteiger partial charge on any atom is -0.455 e. The number of nitrogens with zero attached hydrogens (tertiary/aromatic N) is 2. The predicted molar refractivity (Wildman–Crippen MR) is 183 cm³/mol. The van der Waals surface area contributed by atoms with E-state index in [9.17, 15) is 0 Å². The van der Waals surface area contributed by atoms with E-state index in [2.05, 4.69) is 138 Å². The molecule has 3 nitrogen and oxygen atoms in total. The van der Waals surface area contributed by atoms with Crippen molar-refractivity contribution in [1.29, 1.82) is 0 Å². The normalized spacial score (nSPS) is 12.1. The van der Waals surface area contributed by atoms with Gasteiger partial charge in [-0.3, -0.25) is 4.40 Å². The van der Waals surface area contributed by atoms with Gasteiger partial charge in [0.1, 0.15) is 16.8 Å². The second-order valence-electron chi connectivity index (χ2n) is 11.6. The van der Waals surface area contributed by atoms with Crippen molar-refractivity contribution in [2.45, 2.75) is 0 Å². The zero-order valence-corrected chi connectivity index (χ0v) is 23.7. The molecule has 0 bridgehead atoms. The van der Waals surface area contributed by atoms with E-state index in [-0.39, 0.29) is 0 Å². The summed E-state index contributed by atoms with van der Waals surface area (Å²) in [5, 5.41) is 8.41. The highest BCUT2D eigenvalue weighted by atomic mass is 16.3. The van der Waals surface area contributed by atoms with Crippen LogP contribution in [0.2, 0.25) is 0 Å². The third-order valence-corrected chi connectivity index (χ3v) is 9.15. The summed E-state index contributed by atoms with van der Waals surface area (Å²) < 4.78 is 8.72. The maximum atomic E-state index is 6.39. The van der Waals surface area contributed by atoms with E-state index in [1.807, 2.05) is 12.1 Å². The summed E-state index contributed by atoms with van der Waals surface area (Å²) in [5.74, 6) is 0. The molecule has 0 saturated carbocycles. The van der Waals surface area contributed by atoms with Crippen LogP contribution in [-0.4, -0.2) is 9.38 Å². The van der Waals surface area contributed by atoms with Gasteiger partial charge in [0.05, 0.1) is 16.6 Å². The van der Waals surface area contributed by atoms with Crippen LogP contribution in [0, 0.1) is 0 Å². The molecule has 0 atom stereocenters. The van der Waals surface area contributed by atoms with Crippen molar-refractivity contribution < 1.29 is 4.42 Å². The molecule has 44 heavy (non-hydrogen) atoms. The molecule has 0 fully saturated rings. The van der Waals surface area contributed by atoms with Crippen LogP contribution in [0.3, 0.4) is 0 Å². The molecule has 10 aromatic rings. The lowest BCUT2D eigenvalue weighted by molar-refractivity contribution is 0.670. The lowest BCUT2D eigenvalue weighted by atomic mass is 9.95. The molecular weight excluding hydrogens is 536 g/mol. The number of aromatic nitrogens is 2. The monoisotopic (exact) mass is 560 g/mol. The summed E-state index contributed by atoms with van der Waals surface area (Å²) in [6.45, 7) is 0. The van der Waals surface area contributed by atoms with Gasteiger partial charge in [0.2, 0.25) is 0 Å². The molecule has 0 N–H and O–H groups in total. The Morgan fingerprint density at radius 2 is 1.23 bits per heavy atom. The van der Waals surface area contributed by atoms with Gasteiger partial charge in [0.15, 0.2) is 0 Å². The average molecular weight is 561 g/mol. The number of benzene rings is 7. The van der Waals surface area contributed by atoms with E-state index in [0.29, 0.717) is 0 Å². The largest absolute Gasteiger partial charge is 0.455 e. The number of hydrogen-bond acceptors (Lipinski definition) is 2. The maximum Gasteiger partial charge on any atom is 0.146 e. The van der Waals surface area contributed by atoms with Gasteiger partial charge in [-0.25, -0.2) is 4.98 Å². The fourth-order valence-electron chi connectivity index (χ4n) is 7.15. The molecule has 0 saturated heterocycles. The number of pyridine rings is 1. The Hall–Kier alpha value is -5.93. The smallest absolute Gasteiger partial charge is 0.146 e. The van der Waals surface area contributed by atoms with Gasteiger partial charge in [0, 0.05) is 32.5 Å². The fourth-order valence-corrected chi connectivity index (χ4v) is 7.15. The van der Waals surface area contributed by atoms with Crippen LogP contribution >= 0.6 is 0 Å². The topological polar surface area (TPSA) is 30.4 Å². The maximum absolute atomic E-state index is 6.39. The predicted octanol–water partition coefficient (Wildman–Crippen LogP) is 11.2. The van der Waals surface area contributed by atoms with Crippen molar-refractivity contribution in [2.24, 2.45) is 0 Å². The van der Waals surface area contributed by atoms with Crippen LogP contribution in [0.1, 0.15) is 0 Å². The molecule has 204 valence electrons. The zero-order valence-electron chi connectivity index (χ0n) is 23.7. The Morgan fingerprint density at radius 1 is 0.477 bits per heavy atom. The van der Waals surface area contributed by atoms with Crippen molar-refractivity contribution in [1.82, 2.24) is 9.38 Å². The standard InChI is InChI=1S/C41H24N2O/c1-2-12-29-25(9-1)19-22-34-39(29)33-21-20-27(24-37(33)43-36-17-5-4-16-35(36)42-41(34)43)26-10-7-11-28(23-26)30-14-8-15-32-31-13-3-6-18-38(31)44-40(30)32/h1-24H. The van der Waals surface area contributed by atoms with Crippen LogP contribution in [0.25, 0.3) is 93.3 Å². The molecular formula is C41H24N2O. The highest BCUT2D eigenvalue weighted by molar-refractivity contribution is 6.24. The molecule has 3 aromatic heterocycles. The van der Waals surface area contributed by atoms with Crippen LogP contribution in [0.4, 0.5) is 0 Å². The zero-order chi connectivity index (χ0) is 28.8.